The highest BCUT2D eigenvalue weighted by Gasteiger charge is 2.14. The Kier molecular flexibility index (Phi) is 5.86. The highest BCUT2D eigenvalue weighted by Crippen LogP contribution is 2.24. The summed E-state index contributed by atoms with van der Waals surface area (Å²) in [5, 5.41) is 2.54. The molecule has 0 aliphatic rings. The molecule has 0 saturated heterocycles. The SMILES string of the molecule is CC(C)Cn1c(SCc2nc3cc(Cl)ccc3c(=O)[nH]2)nc2ccc(Cl)cc2c1=O. The first-order valence-corrected chi connectivity index (χ1v) is 11.1. The van der Waals surface area contributed by atoms with Crippen LogP contribution in [0.1, 0.15) is 19.7 Å². The third kappa shape index (κ3) is 4.24. The van der Waals surface area contributed by atoms with E-state index in [1.54, 1.807) is 41.0 Å². The van der Waals surface area contributed by atoms with Crippen molar-refractivity contribution in [1.82, 2.24) is 19.5 Å². The summed E-state index contributed by atoms with van der Waals surface area (Å²) in [6, 6.07) is 10.1. The van der Waals surface area contributed by atoms with Crippen molar-refractivity contribution in [3.8, 4) is 0 Å². The van der Waals surface area contributed by atoms with Crippen LogP contribution in [0, 0.1) is 5.92 Å². The predicted molar refractivity (Wildman–Crippen MR) is 123 cm³/mol. The number of halogens is 2. The number of benzene rings is 2. The number of fused-ring (bicyclic) bond motifs is 2. The number of H-pyrrole nitrogens is 1. The highest BCUT2D eigenvalue weighted by molar-refractivity contribution is 7.98. The Morgan fingerprint density at radius 3 is 2.50 bits per heavy atom. The van der Waals surface area contributed by atoms with Crippen LogP contribution < -0.4 is 11.1 Å². The van der Waals surface area contributed by atoms with Crippen molar-refractivity contribution >= 4 is 56.8 Å². The first-order chi connectivity index (χ1) is 14.3. The van der Waals surface area contributed by atoms with Gasteiger partial charge in [0.1, 0.15) is 5.82 Å². The number of rotatable bonds is 5. The number of nitrogens with one attached hydrogen (secondary N) is 1. The van der Waals surface area contributed by atoms with Gasteiger partial charge < -0.3 is 4.98 Å². The van der Waals surface area contributed by atoms with Crippen molar-refractivity contribution in [2.75, 3.05) is 0 Å². The second kappa shape index (κ2) is 8.41. The molecule has 9 heteroatoms. The van der Waals surface area contributed by atoms with Gasteiger partial charge in [-0.15, -0.1) is 0 Å². The van der Waals surface area contributed by atoms with E-state index in [-0.39, 0.29) is 17.0 Å². The van der Waals surface area contributed by atoms with Gasteiger partial charge in [0.2, 0.25) is 0 Å². The molecule has 0 bridgehead atoms. The Labute approximate surface area is 186 Å². The standard InChI is InChI=1S/C21H18Cl2N4O2S/c1-11(2)9-27-20(29)15-7-12(22)4-6-16(15)25-21(27)30-10-18-24-17-8-13(23)3-5-14(17)19(28)26-18/h3-8,11H,9-10H2,1-2H3,(H,24,26,28). The van der Waals surface area contributed by atoms with Gasteiger partial charge in [0.05, 0.1) is 27.6 Å². The maximum atomic E-state index is 13.1. The summed E-state index contributed by atoms with van der Waals surface area (Å²) in [7, 11) is 0. The third-order valence-corrected chi connectivity index (χ3v) is 5.94. The Hall–Kier alpha value is -2.35. The molecule has 0 saturated carbocycles. The van der Waals surface area contributed by atoms with Crippen molar-refractivity contribution in [2.45, 2.75) is 31.3 Å². The lowest BCUT2D eigenvalue weighted by molar-refractivity contribution is 0.475. The smallest absolute Gasteiger partial charge is 0.262 e. The van der Waals surface area contributed by atoms with Crippen LogP contribution in [0.2, 0.25) is 10.0 Å². The van der Waals surface area contributed by atoms with Crippen molar-refractivity contribution in [3.63, 3.8) is 0 Å². The predicted octanol–water partition coefficient (Wildman–Crippen LogP) is 4.89. The van der Waals surface area contributed by atoms with Crippen molar-refractivity contribution in [1.29, 1.82) is 0 Å². The molecule has 1 N–H and O–H groups in total. The summed E-state index contributed by atoms with van der Waals surface area (Å²) in [5.41, 5.74) is 0.750. The molecule has 154 valence electrons. The van der Waals surface area contributed by atoms with Gasteiger partial charge in [-0.1, -0.05) is 48.8 Å². The maximum absolute atomic E-state index is 13.1. The fourth-order valence-corrected chi connectivity index (χ4v) is 4.39. The van der Waals surface area contributed by atoms with Gasteiger partial charge in [-0.3, -0.25) is 14.2 Å². The molecule has 0 atom stereocenters. The summed E-state index contributed by atoms with van der Waals surface area (Å²) < 4.78 is 1.66. The molecular weight excluding hydrogens is 443 g/mol. The normalized spacial score (nSPS) is 11.6. The molecule has 0 aliphatic heterocycles. The largest absolute Gasteiger partial charge is 0.309 e. The van der Waals surface area contributed by atoms with Crippen LogP contribution in [-0.2, 0) is 12.3 Å². The van der Waals surface area contributed by atoms with Gasteiger partial charge in [-0.2, -0.15) is 0 Å². The zero-order valence-corrected chi connectivity index (χ0v) is 18.6. The molecule has 4 rings (SSSR count). The molecule has 0 unspecified atom stereocenters. The molecular formula is C21H18Cl2N4O2S. The molecule has 0 fully saturated rings. The molecule has 6 nitrogen and oxygen atoms in total. The van der Waals surface area contributed by atoms with Crippen molar-refractivity contribution in [3.05, 3.63) is 73.0 Å². The average Bonchev–Trinajstić information content (AvgIpc) is 2.68. The summed E-state index contributed by atoms with van der Waals surface area (Å²) in [6.07, 6.45) is 0. The van der Waals surface area contributed by atoms with E-state index in [2.05, 4.69) is 15.0 Å². The second-order valence-electron chi connectivity index (χ2n) is 7.33. The van der Waals surface area contributed by atoms with E-state index >= 15 is 0 Å². The highest BCUT2D eigenvalue weighted by atomic mass is 35.5. The lowest BCUT2D eigenvalue weighted by Crippen LogP contribution is -2.25. The molecule has 4 aromatic rings. The van der Waals surface area contributed by atoms with Crippen molar-refractivity contribution < 1.29 is 0 Å². The minimum Gasteiger partial charge on any atom is -0.309 e. The number of hydrogen-bond donors (Lipinski definition) is 1. The van der Waals surface area contributed by atoms with Gasteiger partial charge in [0, 0.05) is 16.6 Å². The van der Waals surface area contributed by atoms with Crippen LogP contribution >= 0.6 is 35.0 Å². The Morgan fingerprint density at radius 1 is 1.00 bits per heavy atom. The summed E-state index contributed by atoms with van der Waals surface area (Å²) >= 11 is 13.5. The molecule has 2 aromatic heterocycles. The van der Waals surface area contributed by atoms with E-state index in [1.165, 1.54) is 11.8 Å². The fraction of sp³-hybridized carbons (Fsp3) is 0.238. The third-order valence-electron chi connectivity index (χ3n) is 4.48. The number of nitrogens with zero attached hydrogens (tertiary/aromatic N) is 3. The monoisotopic (exact) mass is 460 g/mol. The number of aromatic amines is 1. The first-order valence-electron chi connectivity index (χ1n) is 9.33. The van der Waals surface area contributed by atoms with Crippen LogP contribution in [-0.4, -0.2) is 19.5 Å². The van der Waals surface area contributed by atoms with Crippen LogP contribution in [0.3, 0.4) is 0 Å². The van der Waals surface area contributed by atoms with E-state index < -0.39 is 0 Å². The Bertz CT molecular complexity index is 1380. The van der Waals surface area contributed by atoms with E-state index in [0.717, 1.165) is 0 Å². The summed E-state index contributed by atoms with van der Waals surface area (Å²) in [4.78, 5) is 37.4. The zero-order chi connectivity index (χ0) is 21.4. The van der Waals surface area contributed by atoms with Crippen LogP contribution in [0.15, 0.2) is 51.1 Å². The maximum Gasteiger partial charge on any atom is 0.262 e. The van der Waals surface area contributed by atoms with Crippen LogP contribution in [0.25, 0.3) is 21.8 Å². The molecule has 0 radical (unpaired) electrons. The second-order valence-corrected chi connectivity index (χ2v) is 9.14. The van der Waals surface area contributed by atoms with Gasteiger partial charge in [-0.25, -0.2) is 9.97 Å². The molecule has 0 amide bonds. The van der Waals surface area contributed by atoms with E-state index in [0.29, 0.717) is 55.1 Å². The first kappa shape index (κ1) is 20.9. The van der Waals surface area contributed by atoms with Gasteiger partial charge in [0.15, 0.2) is 5.16 Å². The molecule has 0 aliphatic carbocycles. The van der Waals surface area contributed by atoms with E-state index in [4.69, 9.17) is 23.2 Å². The summed E-state index contributed by atoms with van der Waals surface area (Å²) in [6.45, 7) is 4.60. The lowest BCUT2D eigenvalue weighted by Gasteiger charge is -2.15. The molecule has 0 spiro atoms. The topological polar surface area (TPSA) is 80.6 Å². The van der Waals surface area contributed by atoms with Gasteiger partial charge in [0.25, 0.3) is 11.1 Å². The number of hydrogen-bond acceptors (Lipinski definition) is 5. The van der Waals surface area contributed by atoms with Gasteiger partial charge >= 0.3 is 0 Å². The van der Waals surface area contributed by atoms with Crippen molar-refractivity contribution in [2.24, 2.45) is 5.92 Å². The minimum atomic E-state index is -0.229. The minimum absolute atomic E-state index is 0.134. The molecule has 2 aromatic carbocycles. The van der Waals surface area contributed by atoms with Crippen LogP contribution in [0.4, 0.5) is 0 Å². The zero-order valence-electron chi connectivity index (χ0n) is 16.3. The molecule has 2 heterocycles. The number of aromatic nitrogens is 4. The quantitative estimate of drug-likeness (QED) is 0.338. The van der Waals surface area contributed by atoms with E-state index in [9.17, 15) is 9.59 Å². The van der Waals surface area contributed by atoms with Gasteiger partial charge in [-0.05, 0) is 42.3 Å². The fourth-order valence-electron chi connectivity index (χ4n) is 3.17. The summed E-state index contributed by atoms with van der Waals surface area (Å²) in [5.74, 6) is 1.09. The Balaban J connectivity index is 1.74. The lowest BCUT2D eigenvalue weighted by atomic mass is 10.2. The molecule has 30 heavy (non-hydrogen) atoms. The van der Waals surface area contributed by atoms with Crippen LogP contribution in [0.5, 0.6) is 0 Å². The van der Waals surface area contributed by atoms with E-state index in [1.807, 2.05) is 13.8 Å². The Morgan fingerprint density at radius 2 is 1.73 bits per heavy atom. The average molecular weight is 461 g/mol. The number of thioether (sulfide) groups is 1.